The Bertz CT molecular complexity index is 1820. The van der Waals surface area contributed by atoms with E-state index in [9.17, 15) is 0 Å². The minimum Gasteiger partial charge on any atom is -0.462 e. The van der Waals surface area contributed by atoms with Gasteiger partial charge in [0.05, 0.1) is 5.39 Å². The number of fused-ring (bicyclic) bond motifs is 4. The monoisotopic (exact) mass is 610 g/mol. The van der Waals surface area contributed by atoms with Crippen molar-refractivity contribution >= 4 is 27.5 Å². The second kappa shape index (κ2) is 12.1. The third kappa shape index (κ3) is 5.38. The predicted molar refractivity (Wildman–Crippen MR) is 175 cm³/mol. The molecule has 7 nitrogen and oxygen atoms in total. The SMILES string of the molecule is CC#Cc1nc(-c2cccc3ccc(F)c(CC)c23)c(F)c2nc(OC[C@@H]3CCCN3C(C)C)nc(N3C[C@H]4CC[C@@H](C3)N4)c12. The lowest BCUT2D eigenvalue weighted by atomic mass is 9.94. The van der Waals surface area contributed by atoms with Crippen LogP contribution in [0, 0.1) is 23.5 Å². The number of ether oxygens (including phenoxy) is 1. The van der Waals surface area contributed by atoms with Crippen molar-refractivity contribution in [2.45, 2.75) is 84.0 Å². The third-order valence-electron chi connectivity index (χ3n) is 9.70. The summed E-state index contributed by atoms with van der Waals surface area (Å²) in [6, 6.07) is 10.3. The van der Waals surface area contributed by atoms with Gasteiger partial charge in [0.25, 0.3) is 0 Å². The van der Waals surface area contributed by atoms with Crippen LogP contribution in [0.3, 0.4) is 0 Å². The van der Waals surface area contributed by atoms with Gasteiger partial charge in [0.1, 0.15) is 35.1 Å². The van der Waals surface area contributed by atoms with Crippen LogP contribution < -0.4 is 15.0 Å². The first-order valence-corrected chi connectivity index (χ1v) is 16.3. The van der Waals surface area contributed by atoms with Gasteiger partial charge in [0.2, 0.25) is 0 Å². The Hall–Kier alpha value is -3.87. The Morgan fingerprint density at radius 1 is 1.02 bits per heavy atom. The summed E-state index contributed by atoms with van der Waals surface area (Å²) < 4.78 is 38.4. The van der Waals surface area contributed by atoms with Gasteiger partial charge in [-0.2, -0.15) is 9.97 Å². The van der Waals surface area contributed by atoms with Crippen LogP contribution in [0.2, 0.25) is 0 Å². The quantitative estimate of drug-likeness (QED) is 0.248. The van der Waals surface area contributed by atoms with E-state index in [4.69, 9.17) is 19.7 Å². The molecule has 3 aliphatic rings. The van der Waals surface area contributed by atoms with Gasteiger partial charge < -0.3 is 15.0 Å². The maximum atomic E-state index is 17.1. The molecule has 3 saturated heterocycles. The molecule has 9 heteroatoms. The van der Waals surface area contributed by atoms with Gasteiger partial charge in [-0.05, 0) is 87.7 Å². The fourth-order valence-electron chi connectivity index (χ4n) is 7.64. The molecule has 2 bridgehead atoms. The smallest absolute Gasteiger partial charge is 0.319 e. The van der Waals surface area contributed by atoms with Crippen molar-refractivity contribution in [3.8, 4) is 29.1 Å². The number of rotatable bonds is 7. The van der Waals surface area contributed by atoms with Gasteiger partial charge in [-0.15, -0.1) is 0 Å². The average molecular weight is 611 g/mol. The number of nitrogens with one attached hydrogen (secondary N) is 1. The van der Waals surface area contributed by atoms with Crippen LogP contribution in [-0.4, -0.2) is 70.3 Å². The number of hydrogen-bond acceptors (Lipinski definition) is 7. The molecule has 0 amide bonds. The molecule has 0 spiro atoms. The van der Waals surface area contributed by atoms with E-state index < -0.39 is 5.82 Å². The standard InChI is InChI=1S/C36H40F2N6O/c1-5-9-29-31-34(32(38)33(40-29)27-12-7-10-22-13-16-28(37)26(6-2)30(22)27)41-36(45-20-25-11-8-17-44(25)21(3)4)42-35(31)43-18-23-14-15-24(19-43)39-23/h7,10,12-13,16,21,23-25,39H,6,8,11,14-15,17-20H2,1-4H3/t23-,24+,25-/m0/s1. The van der Waals surface area contributed by atoms with E-state index in [2.05, 4.69) is 40.8 Å². The van der Waals surface area contributed by atoms with Gasteiger partial charge in [0, 0.05) is 42.8 Å². The van der Waals surface area contributed by atoms with Crippen molar-refractivity contribution in [1.29, 1.82) is 0 Å². The Balaban J connectivity index is 1.43. The summed E-state index contributed by atoms with van der Waals surface area (Å²) in [6.45, 7) is 11.0. The number of piperazine rings is 1. The molecule has 3 aliphatic heterocycles. The maximum absolute atomic E-state index is 17.1. The highest BCUT2D eigenvalue weighted by Gasteiger charge is 2.35. The highest BCUT2D eigenvalue weighted by atomic mass is 19.1. The lowest BCUT2D eigenvalue weighted by molar-refractivity contribution is 0.138. The van der Waals surface area contributed by atoms with Gasteiger partial charge >= 0.3 is 6.01 Å². The van der Waals surface area contributed by atoms with Crippen LogP contribution in [0.25, 0.3) is 32.9 Å². The summed E-state index contributed by atoms with van der Waals surface area (Å²) in [7, 11) is 0. The number of hydrogen-bond donors (Lipinski definition) is 1. The van der Waals surface area contributed by atoms with Crippen molar-refractivity contribution in [3.63, 3.8) is 0 Å². The zero-order valence-electron chi connectivity index (χ0n) is 26.5. The van der Waals surface area contributed by atoms with Gasteiger partial charge in [0.15, 0.2) is 5.82 Å². The molecule has 45 heavy (non-hydrogen) atoms. The van der Waals surface area contributed by atoms with Crippen LogP contribution >= 0.6 is 0 Å². The molecule has 0 unspecified atom stereocenters. The highest BCUT2D eigenvalue weighted by molar-refractivity contribution is 6.02. The molecule has 3 fully saturated rings. The van der Waals surface area contributed by atoms with Crippen molar-refractivity contribution in [2.75, 3.05) is 31.1 Å². The summed E-state index contributed by atoms with van der Waals surface area (Å²) in [5, 5.41) is 5.64. The number of halogens is 2. The number of likely N-dealkylation sites (tertiary alicyclic amines) is 1. The predicted octanol–water partition coefficient (Wildman–Crippen LogP) is 6.25. The molecule has 2 aromatic heterocycles. The molecule has 3 atom stereocenters. The van der Waals surface area contributed by atoms with E-state index in [0.29, 0.717) is 64.6 Å². The topological polar surface area (TPSA) is 66.4 Å². The molecular weight excluding hydrogens is 570 g/mol. The molecule has 0 aliphatic carbocycles. The second-order valence-corrected chi connectivity index (χ2v) is 12.8. The largest absolute Gasteiger partial charge is 0.462 e. The number of aryl methyl sites for hydroxylation is 1. The first-order chi connectivity index (χ1) is 21.9. The minimum absolute atomic E-state index is 0.101. The number of aromatic nitrogens is 3. The number of anilines is 1. The van der Waals surface area contributed by atoms with Gasteiger partial charge in [-0.25, -0.2) is 13.8 Å². The first kappa shape index (κ1) is 29.8. The molecule has 5 heterocycles. The van der Waals surface area contributed by atoms with Crippen LogP contribution in [0.1, 0.15) is 64.6 Å². The van der Waals surface area contributed by atoms with E-state index in [-0.39, 0.29) is 29.1 Å². The Morgan fingerprint density at radius 2 is 1.82 bits per heavy atom. The Labute approximate surface area is 263 Å². The summed E-state index contributed by atoms with van der Waals surface area (Å²) in [5.74, 6) is 5.82. The third-order valence-corrected chi connectivity index (χ3v) is 9.70. The normalized spacial score (nSPS) is 21.6. The molecule has 4 aromatic rings. The first-order valence-electron chi connectivity index (χ1n) is 16.3. The van der Waals surface area contributed by atoms with E-state index in [1.807, 2.05) is 19.1 Å². The summed E-state index contributed by atoms with van der Waals surface area (Å²) in [6.07, 6.45) is 4.80. The lowest BCUT2D eigenvalue weighted by Gasteiger charge is -2.34. The fourth-order valence-corrected chi connectivity index (χ4v) is 7.64. The fraction of sp³-hybridized carbons (Fsp3) is 0.472. The summed E-state index contributed by atoms with van der Waals surface area (Å²) in [4.78, 5) is 19.2. The van der Waals surface area contributed by atoms with Crippen LogP contribution in [-0.2, 0) is 6.42 Å². The Morgan fingerprint density at radius 3 is 2.56 bits per heavy atom. The molecule has 0 saturated carbocycles. The lowest BCUT2D eigenvalue weighted by Crippen LogP contribution is -2.51. The van der Waals surface area contributed by atoms with Crippen LogP contribution in [0.4, 0.5) is 14.6 Å². The number of nitrogens with zero attached hydrogens (tertiary/aromatic N) is 5. The summed E-state index contributed by atoms with van der Waals surface area (Å²) in [5.41, 5.74) is 1.68. The van der Waals surface area contributed by atoms with Crippen molar-refractivity contribution in [3.05, 3.63) is 53.2 Å². The second-order valence-electron chi connectivity index (χ2n) is 12.8. The summed E-state index contributed by atoms with van der Waals surface area (Å²) >= 11 is 0. The number of benzene rings is 2. The molecule has 234 valence electrons. The molecular formula is C36H40F2N6O. The zero-order chi connectivity index (χ0) is 31.2. The molecule has 0 radical (unpaired) electrons. The Kier molecular flexibility index (Phi) is 8.05. The molecule has 1 N–H and O–H groups in total. The number of pyridine rings is 1. The van der Waals surface area contributed by atoms with E-state index in [1.54, 1.807) is 19.1 Å². The highest BCUT2D eigenvalue weighted by Crippen LogP contribution is 2.39. The maximum Gasteiger partial charge on any atom is 0.319 e. The van der Waals surface area contributed by atoms with Crippen molar-refractivity contribution < 1.29 is 13.5 Å². The van der Waals surface area contributed by atoms with E-state index in [0.717, 1.165) is 50.7 Å². The molecule has 7 rings (SSSR count). The molecule has 2 aromatic carbocycles. The van der Waals surface area contributed by atoms with E-state index >= 15 is 8.78 Å². The van der Waals surface area contributed by atoms with Crippen molar-refractivity contribution in [1.82, 2.24) is 25.2 Å². The average Bonchev–Trinajstić information content (AvgIpc) is 3.66. The van der Waals surface area contributed by atoms with Gasteiger partial charge in [-0.1, -0.05) is 37.1 Å². The van der Waals surface area contributed by atoms with Gasteiger partial charge in [-0.3, -0.25) is 4.90 Å². The zero-order valence-corrected chi connectivity index (χ0v) is 26.5. The van der Waals surface area contributed by atoms with Crippen molar-refractivity contribution in [2.24, 2.45) is 0 Å². The van der Waals surface area contributed by atoms with E-state index in [1.165, 1.54) is 6.07 Å². The van der Waals surface area contributed by atoms with Crippen LogP contribution in [0.5, 0.6) is 6.01 Å². The van der Waals surface area contributed by atoms with Crippen LogP contribution in [0.15, 0.2) is 30.3 Å². The minimum atomic E-state index is -0.582.